The van der Waals surface area contributed by atoms with E-state index in [-0.39, 0.29) is 11.9 Å². The molecule has 134 valence electrons. The van der Waals surface area contributed by atoms with Crippen LogP contribution in [0.4, 0.5) is 0 Å². The summed E-state index contributed by atoms with van der Waals surface area (Å²) in [4.78, 5) is 14.9. The van der Waals surface area contributed by atoms with E-state index in [4.69, 9.17) is 4.52 Å². The Balaban J connectivity index is 1.64. The van der Waals surface area contributed by atoms with Crippen molar-refractivity contribution < 1.29 is 9.32 Å². The lowest BCUT2D eigenvalue weighted by Gasteiger charge is -2.32. The van der Waals surface area contributed by atoms with Gasteiger partial charge in [-0.25, -0.2) is 0 Å². The Kier molecular flexibility index (Phi) is 4.06. The van der Waals surface area contributed by atoms with Crippen molar-refractivity contribution in [2.75, 3.05) is 6.54 Å². The molecule has 0 aliphatic carbocycles. The molecule has 0 bridgehead atoms. The molecule has 7 heteroatoms. The van der Waals surface area contributed by atoms with Crippen molar-refractivity contribution in [1.29, 1.82) is 0 Å². The van der Waals surface area contributed by atoms with Crippen molar-refractivity contribution in [3.63, 3.8) is 0 Å². The fourth-order valence-corrected chi connectivity index (χ4v) is 3.47. The average Bonchev–Trinajstić information content (AvgIpc) is 3.29. The Hall–Kier alpha value is -2.96. The zero-order valence-electron chi connectivity index (χ0n) is 15.1. The van der Waals surface area contributed by atoms with Gasteiger partial charge in [-0.15, -0.1) is 10.2 Å². The van der Waals surface area contributed by atoms with Crippen molar-refractivity contribution in [2.24, 2.45) is 0 Å². The van der Waals surface area contributed by atoms with Gasteiger partial charge in [0.1, 0.15) is 23.3 Å². The van der Waals surface area contributed by atoms with Crippen LogP contribution in [0, 0.1) is 0 Å². The predicted molar refractivity (Wildman–Crippen MR) is 95.5 cm³/mol. The quantitative estimate of drug-likeness (QED) is 0.724. The van der Waals surface area contributed by atoms with E-state index in [1.807, 2.05) is 30.3 Å². The van der Waals surface area contributed by atoms with Crippen LogP contribution in [0.15, 0.2) is 41.1 Å². The van der Waals surface area contributed by atoms with Crippen LogP contribution in [0.25, 0.3) is 11.3 Å². The molecule has 0 saturated carbocycles. The summed E-state index contributed by atoms with van der Waals surface area (Å²) >= 11 is 0. The van der Waals surface area contributed by atoms with Crippen LogP contribution in [0.2, 0.25) is 0 Å². The summed E-state index contributed by atoms with van der Waals surface area (Å²) in [5.74, 6) is 1.98. The normalized spacial score (nSPS) is 16.8. The van der Waals surface area contributed by atoms with Gasteiger partial charge in [0, 0.05) is 18.0 Å². The monoisotopic (exact) mass is 351 g/mol. The van der Waals surface area contributed by atoms with Gasteiger partial charge in [-0.1, -0.05) is 49.3 Å². The van der Waals surface area contributed by atoms with Crippen molar-refractivity contribution in [1.82, 2.24) is 24.8 Å². The van der Waals surface area contributed by atoms with Crippen LogP contribution in [0.5, 0.6) is 0 Å². The van der Waals surface area contributed by atoms with E-state index in [0.717, 1.165) is 17.2 Å². The van der Waals surface area contributed by atoms with E-state index in [9.17, 15) is 4.79 Å². The van der Waals surface area contributed by atoms with Crippen LogP contribution in [-0.4, -0.2) is 37.3 Å². The Morgan fingerprint density at radius 3 is 2.73 bits per heavy atom. The molecule has 1 aromatic carbocycles. The Morgan fingerprint density at radius 2 is 2.00 bits per heavy atom. The van der Waals surface area contributed by atoms with Crippen LogP contribution < -0.4 is 0 Å². The summed E-state index contributed by atoms with van der Waals surface area (Å²) < 4.78 is 7.27. The lowest BCUT2D eigenvalue weighted by atomic mass is 10.1. The van der Waals surface area contributed by atoms with Gasteiger partial charge in [0.05, 0.1) is 12.6 Å². The van der Waals surface area contributed by atoms with Crippen LogP contribution in [0.1, 0.15) is 54.7 Å². The molecule has 1 aliphatic heterocycles. The van der Waals surface area contributed by atoms with Crippen molar-refractivity contribution in [3.8, 4) is 11.3 Å². The third-order valence-corrected chi connectivity index (χ3v) is 4.70. The highest BCUT2D eigenvalue weighted by Crippen LogP contribution is 2.28. The first-order chi connectivity index (χ1) is 12.6. The van der Waals surface area contributed by atoms with E-state index in [2.05, 4.69) is 40.7 Å². The summed E-state index contributed by atoms with van der Waals surface area (Å²) in [5.41, 5.74) is 1.90. The van der Waals surface area contributed by atoms with E-state index >= 15 is 0 Å². The number of hydrogen-bond acceptors (Lipinski definition) is 5. The highest BCUT2D eigenvalue weighted by molar-refractivity contribution is 5.99. The largest absolute Gasteiger partial charge is 0.363 e. The van der Waals surface area contributed by atoms with E-state index in [1.165, 1.54) is 6.26 Å². The van der Waals surface area contributed by atoms with Gasteiger partial charge in [0.15, 0.2) is 5.82 Å². The summed E-state index contributed by atoms with van der Waals surface area (Å²) in [6.07, 6.45) is 1.42. The maximum absolute atomic E-state index is 13.1. The summed E-state index contributed by atoms with van der Waals surface area (Å²) in [5, 5.41) is 12.7. The number of amides is 1. The molecule has 4 rings (SSSR count). The molecule has 1 amide bonds. The Labute approximate surface area is 151 Å². The molecular formula is C19H21N5O2. The number of carbonyl (C=O) groups is 1. The molecule has 1 atom stereocenters. The van der Waals surface area contributed by atoms with Gasteiger partial charge < -0.3 is 14.0 Å². The maximum Gasteiger partial charge on any atom is 0.259 e. The van der Waals surface area contributed by atoms with Gasteiger partial charge in [0.2, 0.25) is 0 Å². The first-order valence-corrected chi connectivity index (χ1v) is 8.79. The molecular weight excluding hydrogens is 330 g/mol. The zero-order valence-corrected chi connectivity index (χ0v) is 15.1. The number of nitrogens with zero attached hydrogens (tertiary/aromatic N) is 5. The molecule has 0 unspecified atom stereocenters. The minimum Gasteiger partial charge on any atom is -0.363 e. The first kappa shape index (κ1) is 16.5. The number of benzene rings is 1. The minimum atomic E-state index is -0.0997. The summed E-state index contributed by atoms with van der Waals surface area (Å²) in [6, 6.07) is 9.71. The molecule has 0 radical (unpaired) electrons. The lowest BCUT2D eigenvalue weighted by molar-refractivity contribution is 0.0679. The summed E-state index contributed by atoms with van der Waals surface area (Å²) in [7, 11) is 0. The van der Waals surface area contributed by atoms with Gasteiger partial charge in [-0.2, -0.15) is 0 Å². The third-order valence-electron chi connectivity index (χ3n) is 4.70. The number of fused-ring (bicyclic) bond motifs is 1. The van der Waals surface area contributed by atoms with Crippen molar-refractivity contribution in [2.45, 2.75) is 39.3 Å². The predicted octanol–water partition coefficient (Wildman–Crippen LogP) is 3.27. The molecule has 0 N–H and O–H groups in total. The minimum absolute atomic E-state index is 0.0997. The second kappa shape index (κ2) is 6.40. The van der Waals surface area contributed by atoms with Gasteiger partial charge in [-0.3, -0.25) is 4.79 Å². The molecule has 1 aliphatic rings. The van der Waals surface area contributed by atoms with Crippen LogP contribution in [-0.2, 0) is 6.54 Å². The standard InChI is InChI=1S/C19H21N5O2/c1-12(2)18-21-20-16-10-23(9-13(3)24(16)18)19(25)15-11-26-22-17(15)14-7-5-4-6-8-14/h4-8,11-13H,9-10H2,1-3H3/t13-/m0/s1. The van der Waals surface area contributed by atoms with Gasteiger partial charge >= 0.3 is 0 Å². The number of aromatic nitrogens is 4. The van der Waals surface area contributed by atoms with E-state index in [0.29, 0.717) is 30.3 Å². The highest BCUT2D eigenvalue weighted by Gasteiger charge is 2.32. The molecule has 7 nitrogen and oxygen atoms in total. The van der Waals surface area contributed by atoms with Crippen molar-refractivity contribution >= 4 is 5.91 Å². The molecule has 2 aromatic heterocycles. The molecule has 3 heterocycles. The highest BCUT2D eigenvalue weighted by atomic mass is 16.5. The molecule has 0 saturated heterocycles. The first-order valence-electron chi connectivity index (χ1n) is 8.79. The van der Waals surface area contributed by atoms with Crippen molar-refractivity contribution in [3.05, 3.63) is 53.8 Å². The Bertz CT molecular complexity index is 929. The fourth-order valence-electron chi connectivity index (χ4n) is 3.47. The van der Waals surface area contributed by atoms with Crippen LogP contribution >= 0.6 is 0 Å². The number of hydrogen-bond donors (Lipinski definition) is 0. The zero-order chi connectivity index (χ0) is 18.3. The van der Waals surface area contributed by atoms with Gasteiger partial charge in [0.25, 0.3) is 5.91 Å². The number of carbonyl (C=O) groups excluding carboxylic acids is 1. The molecule has 0 fully saturated rings. The third kappa shape index (κ3) is 2.69. The topological polar surface area (TPSA) is 77.0 Å². The van der Waals surface area contributed by atoms with Gasteiger partial charge in [-0.05, 0) is 6.92 Å². The maximum atomic E-state index is 13.1. The van der Waals surface area contributed by atoms with Crippen LogP contribution in [0.3, 0.4) is 0 Å². The number of rotatable bonds is 3. The second-order valence-corrected chi connectivity index (χ2v) is 6.98. The van der Waals surface area contributed by atoms with E-state index < -0.39 is 0 Å². The Morgan fingerprint density at radius 1 is 1.23 bits per heavy atom. The molecule has 3 aromatic rings. The molecule has 0 spiro atoms. The van der Waals surface area contributed by atoms with E-state index in [1.54, 1.807) is 4.90 Å². The lowest BCUT2D eigenvalue weighted by Crippen LogP contribution is -2.41. The fraction of sp³-hybridized carbons (Fsp3) is 0.368. The summed E-state index contributed by atoms with van der Waals surface area (Å²) in [6.45, 7) is 7.32. The smallest absolute Gasteiger partial charge is 0.259 e. The second-order valence-electron chi connectivity index (χ2n) is 6.98. The SMILES string of the molecule is CC(C)c1nnc2n1[C@@H](C)CN(C(=O)c1conc1-c1ccccc1)C2. The molecule has 26 heavy (non-hydrogen) atoms. The average molecular weight is 351 g/mol.